The number of halogens is 15. The Labute approximate surface area is 216 Å². The summed E-state index contributed by atoms with van der Waals surface area (Å²) in [5.41, 5.74) is -14.0. The van der Waals surface area contributed by atoms with E-state index in [2.05, 4.69) is 0 Å². The molecule has 4 aromatic rings. The van der Waals surface area contributed by atoms with Crippen molar-refractivity contribution in [3.63, 3.8) is 0 Å². The molecule has 16 heteroatoms. The Morgan fingerprint density at radius 2 is 0.585 bits per heavy atom. The third kappa shape index (κ3) is 4.06. The van der Waals surface area contributed by atoms with Crippen molar-refractivity contribution < 1.29 is 65.9 Å². The van der Waals surface area contributed by atoms with E-state index in [0.717, 1.165) is 6.07 Å². The van der Waals surface area contributed by atoms with Gasteiger partial charge in [0.05, 0.1) is 28.3 Å². The number of nitriles is 1. The van der Waals surface area contributed by atoms with E-state index in [0.29, 0.717) is 0 Å². The van der Waals surface area contributed by atoms with Gasteiger partial charge in [-0.3, -0.25) is 0 Å². The van der Waals surface area contributed by atoms with Crippen molar-refractivity contribution in [2.24, 2.45) is 0 Å². The number of benzene rings is 4. The van der Waals surface area contributed by atoms with Crippen LogP contribution >= 0.6 is 0 Å². The van der Waals surface area contributed by atoms with Crippen LogP contribution in [0, 0.1) is 98.6 Å². The van der Waals surface area contributed by atoms with Crippen molar-refractivity contribution >= 4 is 0 Å². The van der Waals surface area contributed by atoms with Crippen LogP contribution in [-0.2, 0) is 0 Å². The van der Waals surface area contributed by atoms with Gasteiger partial charge in [-0.15, -0.1) is 0 Å². The lowest BCUT2D eigenvalue weighted by atomic mass is 9.83. The number of rotatable bonds is 3. The quantitative estimate of drug-likeness (QED) is 0.131. The van der Waals surface area contributed by atoms with Crippen molar-refractivity contribution in [1.82, 2.24) is 0 Å². The highest BCUT2D eigenvalue weighted by Crippen LogP contribution is 2.48. The molecule has 0 heterocycles. The molecule has 0 amide bonds. The Balaban J connectivity index is 2.44. The van der Waals surface area contributed by atoms with Crippen LogP contribution in [0.5, 0.6) is 0 Å². The zero-order valence-electron chi connectivity index (χ0n) is 18.8. The highest BCUT2D eigenvalue weighted by Gasteiger charge is 2.37. The Bertz CT molecular complexity index is 1770. The van der Waals surface area contributed by atoms with Gasteiger partial charge in [0.25, 0.3) is 0 Å². The van der Waals surface area contributed by atoms with Gasteiger partial charge in [0.1, 0.15) is 0 Å². The predicted octanol–water partition coefficient (Wildman–Crippen LogP) is 8.65. The fraction of sp³-hybridized carbons (Fsp3) is 0. The topological polar surface area (TPSA) is 23.8 Å². The molecule has 0 radical (unpaired) electrons. The molecule has 0 spiro atoms. The van der Waals surface area contributed by atoms with Gasteiger partial charge in [0.15, 0.2) is 69.8 Å². The molecule has 0 aliphatic heterocycles. The molecular formula is C25H2F15N. The van der Waals surface area contributed by atoms with Crippen molar-refractivity contribution in [3.05, 3.63) is 105 Å². The van der Waals surface area contributed by atoms with Crippen LogP contribution < -0.4 is 0 Å². The molecule has 0 saturated heterocycles. The highest BCUT2D eigenvalue weighted by molar-refractivity contribution is 5.98. The lowest BCUT2D eigenvalue weighted by Gasteiger charge is -2.21. The maximum atomic E-state index is 15.0. The summed E-state index contributed by atoms with van der Waals surface area (Å²) in [7, 11) is 0. The molecule has 0 unspecified atom stereocenters. The van der Waals surface area contributed by atoms with Crippen molar-refractivity contribution in [1.29, 1.82) is 5.26 Å². The van der Waals surface area contributed by atoms with Crippen molar-refractivity contribution in [2.75, 3.05) is 0 Å². The summed E-state index contributed by atoms with van der Waals surface area (Å²) >= 11 is 0. The van der Waals surface area contributed by atoms with E-state index >= 15 is 0 Å². The van der Waals surface area contributed by atoms with E-state index < -0.39 is 126 Å². The second-order valence-electron chi connectivity index (χ2n) is 7.86. The van der Waals surface area contributed by atoms with E-state index in [1.165, 1.54) is 0 Å². The van der Waals surface area contributed by atoms with E-state index in [4.69, 9.17) is 0 Å². The summed E-state index contributed by atoms with van der Waals surface area (Å²) in [6.07, 6.45) is 0. The second-order valence-corrected chi connectivity index (χ2v) is 7.86. The van der Waals surface area contributed by atoms with Crippen molar-refractivity contribution in [2.45, 2.75) is 0 Å². The summed E-state index contributed by atoms with van der Waals surface area (Å²) in [4.78, 5) is 0. The molecule has 0 aromatic heterocycles. The maximum absolute atomic E-state index is 15.0. The molecule has 1 nitrogen and oxygen atoms in total. The summed E-state index contributed by atoms with van der Waals surface area (Å²) in [6, 6.07) is 1.39. The Morgan fingerprint density at radius 1 is 0.317 bits per heavy atom. The highest BCUT2D eigenvalue weighted by atomic mass is 19.2. The van der Waals surface area contributed by atoms with Crippen LogP contribution in [0.2, 0.25) is 0 Å². The van der Waals surface area contributed by atoms with E-state index in [-0.39, 0.29) is 12.1 Å². The average molecular weight is 601 g/mol. The van der Waals surface area contributed by atoms with Gasteiger partial charge in [0.2, 0.25) is 17.5 Å². The van der Waals surface area contributed by atoms with Crippen LogP contribution in [0.3, 0.4) is 0 Å². The van der Waals surface area contributed by atoms with E-state index in [1.807, 2.05) is 0 Å². The first-order valence-electron chi connectivity index (χ1n) is 10.2. The summed E-state index contributed by atoms with van der Waals surface area (Å²) in [6.45, 7) is 0. The number of hydrogen-bond donors (Lipinski definition) is 0. The SMILES string of the molecule is N#Cc1ccc(-c2c(F)c(F)c(F)c(F)c2F)c(-c2c(F)c(F)c(F)c(F)c2F)c1-c1c(F)c(F)c(F)c(F)c1F. The molecule has 4 rings (SSSR count). The van der Waals surface area contributed by atoms with Crippen LogP contribution in [0.1, 0.15) is 5.56 Å². The first kappa shape index (κ1) is 29.3. The fourth-order valence-electron chi connectivity index (χ4n) is 3.91. The molecule has 0 bridgehead atoms. The average Bonchev–Trinajstić information content (AvgIpc) is 2.96. The smallest absolute Gasteiger partial charge is 0.200 e. The zero-order chi connectivity index (χ0) is 30.8. The van der Waals surface area contributed by atoms with Gasteiger partial charge in [-0.25, -0.2) is 65.9 Å². The van der Waals surface area contributed by atoms with Gasteiger partial charge in [0, 0.05) is 11.1 Å². The second kappa shape index (κ2) is 10.1. The van der Waals surface area contributed by atoms with Crippen LogP contribution in [0.25, 0.3) is 33.4 Å². The Morgan fingerprint density at radius 3 is 0.902 bits per heavy atom. The van der Waals surface area contributed by atoms with Gasteiger partial charge in [-0.2, -0.15) is 5.26 Å². The molecule has 0 atom stereocenters. The zero-order valence-corrected chi connectivity index (χ0v) is 18.8. The Hall–Kier alpha value is -4.68. The normalized spacial score (nSPS) is 11.3. The number of nitrogens with zero attached hydrogens (tertiary/aromatic N) is 1. The van der Waals surface area contributed by atoms with Crippen LogP contribution in [0.4, 0.5) is 65.9 Å². The van der Waals surface area contributed by atoms with E-state index in [9.17, 15) is 71.1 Å². The first-order chi connectivity index (χ1) is 19.1. The molecule has 41 heavy (non-hydrogen) atoms. The minimum Gasteiger partial charge on any atom is -0.203 e. The minimum absolute atomic E-state index is 0.111. The van der Waals surface area contributed by atoms with E-state index in [1.54, 1.807) is 0 Å². The van der Waals surface area contributed by atoms with Gasteiger partial charge < -0.3 is 0 Å². The lowest BCUT2D eigenvalue weighted by molar-refractivity contribution is 0.380. The van der Waals surface area contributed by atoms with Crippen LogP contribution in [-0.4, -0.2) is 0 Å². The number of hydrogen-bond acceptors (Lipinski definition) is 1. The third-order valence-electron chi connectivity index (χ3n) is 5.72. The maximum Gasteiger partial charge on any atom is 0.200 e. The first-order valence-corrected chi connectivity index (χ1v) is 10.2. The van der Waals surface area contributed by atoms with Gasteiger partial charge >= 0.3 is 0 Å². The molecular weight excluding hydrogens is 599 g/mol. The molecule has 0 fully saturated rings. The molecule has 0 aliphatic carbocycles. The molecule has 212 valence electrons. The summed E-state index contributed by atoms with van der Waals surface area (Å²) in [5.74, 6) is -42.4. The standard InChI is InChI=1S/C25H2F15N/c26-11-8(12(27)18(33)23(38)17(11)32)5-2-1-4(3-41)6(9-13(28)19(34)24(39)20(35)14(9)29)7(5)10-15(30)21(36)25(40)22(37)16(10)31/h1-2H. The Kier molecular flexibility index (Phi) is 7.19. The lowest BCUT2D eigenvalue weighted by Crippen LogP contribution is -2.11. The molecule has 0 saturated carbocycles. The fourth-order valence-corrected chi connectivity index (χ4v) is 3.91. The van der Waals surface area contributed by atoms with Crippen LogP contribution in [0.15, 0.2) is 12.1 Å². The van der Waals surface area contributed by atoms with Crippen molar-refractivity contribution in [3.8, 4) is 39.4 Å². The summed E-state index contributed by atoms with van der Waals surface area (Å²) in [5, 5.41) is 9.44. The molecule has 0 aliphatic rings. The summed E-state index contributed by atoms with van der Waals surface area (Å²) < 4.78 is 215. The predicted molar refractivity (Wildman–Crippen MR) is 107 cm³/mol. The monoisotopic (exact) mass is 601 g/mol. The van der Waals surface area contributed by atoms with Gasteiger partial charge in [-0.05, 0) is 11.6 Å². The third-order valence-corrected chi connectivity index (χ3v) is 5.72. The molecule has 4 aromatic carbocycles. The molecule has 0 N–H and O–H groups in total. The minimum atomic E-state index is -2.91. The van der Waals surface area contributed by atoms with Gasteiger partial charge in [-0.1, -0.05) is 6.07 Å². The largest absolute Gasteiger partial charge is 0.203 e.